The van der Waals surface area contributed by atoms with Crippen LogP contribution in [0.25, 0.3) is 0 Å². The molecule has 0 aromatic heterocycles. The van der Waals surface area contributed by atoms with Crippen molar-refractivity contribution in [2.45, 2.75) is 18.6 Å². The molecule has 2 rings (SSSR count). The van der Waals surface area contributed by atoms with Gasteiger partial charge in [0.1, 0.15) is 0 Å². The number of thiol groups is 1. The van der Waals surface area contributed by atoms with Crippen LogP contribution in [-0.2, 0) is 18.6 Å². The lowest BCUT2D eigenvalue weighted by molar-refractivity contribution is 0.959. The Morgan fingerprint density at radius 3 is 1.69 bits per heavy atom. The highest BCUT2D eigenvalue weighted by Crippen LogP contribution is 2.10. The zero-order valence-corrected chi connectivity index (χ0v) is 10.2. The molecular weight excluding hydrogens is 212 g/mol. The molecule has 0 amide bonds. The summed E-state index contributed by atoms with van der Waals surface area (Å²) in [5.74, 6) is 0.818. The van der Waals surface area contributed by atoms with Gasteiger partial charge in [-0.3, -0.25) is 0 Å². The molecule has 0 heterocycles. The lowest BCUT2D eigenvalue weighted by Crippen LogP contribution is -1.91. The third kappa shape index (κ3) is 3.14. The van der Waals surface area contributed by atoms with E-state index in [-0.39, 0.29) is 0 Å². The lowest BCUT2D eigenvalue weighted by Gasteiger charge is -2.03. The molecule has 82 valence electrons. The van der Waals surface area contributed by atoms with Gasteiger partial charge in [-0.2, -0.15) is 12.6 Å². The normalized spacial score (nSPS) is 10.3. The third-order valence-corrected chi connectivity index (χ3v) is 3.12. The Morgan fingerprint density at radius 2 is 1.12 bits per heavy atom. The van der Waals surface area contributed by atoms with Crippen LogP contribution in [0.3, 0.4) is 0 Å². The largest absolute Gasteiger partial charge is 0.175 e. The molecule has 0 N–H and O–H groups in total. The van der Waals surface area contributed by atoms with Gasteiger partial charge in [-0.15, -0.1) is 0 Å². The smallest absolute Gasteiger partial charge is 0.0154 e. The second-order valence-corrected chi connectivity index (χ2v) is 4.28. The van der Waals surface area contributed by atoms with Crippen LogP contribution in [-0.4, -0.2) is 0 Å². The zero-order valence-electron chi connectivity index (χ0n) is 9.26. The zero-order chi connectivity index (χ0) is 11.2. The van der Waals surface area contributed by atoms with Gasteiger partial charge in [-0.25, -0.2) is 0 Å². The fourth-order valence-electron chi connectivity index (χ4n) is 1.74. The third-order valence-electron chi connectivity index (χ3n) is 2.75. The molecule has 0 unspecified atom stereocenters. The first-order valence-corrected chi connectivity index (χ1v) is 6.24. The minimum Gasteiger partial charge on any atom is -0.175 e. The van der Waals surface area contributed by atoms with Crippen molar-refractivity contribution in [1.82, 2.24) is 0 Å². The predicted molar refractivity (Wildman–Crippen MR) is 73.0 cm³/mol. The van der Waals surface area contributed by atoms with E-state index < -0.39 is 0 Å². The minimum atomic E-state index is 0.818. The topological polar surface area (TPSA) is 0 Å². The number of benzene rings is 2. The summed E-state index contributed by atoms with van der Waals surface area (Å²) in [6.45, 7) is 0. The molecule has 0 saturated heterocycles. The van der Waals surface area contributed by atoms with E-state index in [1.165, 1.54) is 16.7 Å². The molecule has 2 aromatic rings. The highest BCUT2D eigenvalue weighted by atomic mass is 32.1. The monoisotopic (exact) mass is 228 g/mol. The number of hydrogen-bond donors (Lipinski definition) is 1. The highest BCUT2D eigenvalue weighted by Gasteiger charge is 1.95. The summed E-state index contributed by atoms with van der Waals surface area (Å²) >= 11 is 4.25. The molecule has 0 fully saturated rings. The number of hydrogen-bond acceptors (Lipinski definition) is 1. The Morgan fingerprint density at radius 1 is 0.625 bits per heavy atom. The highest BCUT2D eigenvalue weighted by molar-refractivity contribution is 7.79. The van der Waals surface area contributed by atoms with Crippen LogP contribution in [0.5, 0.6) is 0 Å². The molecule has 0 spiro atoms. The Labute approximate surface area is 103 Å². The van der Waals surface area contributed by atoms with Crippen LogP contribution in [0, 0.1) is 0 Å². The Kier molecular flexibility index (Phi) is 4.06. The van der Waals surface area contributed by atoms with Gasteiger partial charge < -0.3 is 0 Å². The predicted octanol–water partition coefficient (Wildman–Crippen LogP) is 3.90. The molecule has 0 aliphatic rings. The first-order valence-electron chi connectivity index (χ1n) is 5.61. The standard InChI is InChI=1S/C15H16S/c16-12-15-10-8-14(9-11-15)7-6-13-4-2-1-3-5-13/h1-5,8-11,16H,6-7,12H2. The van der Waals surface area contributed by atoms with Crippen molar-refractivity contribution in [3.05, 3.63) is 71.3 Å². The van der Waals surface area contributed by atoms with Crippen LogP contribution in [0.15, 0.2) is 54.6 Å². The van der Waals surface area contributed by atoms with Gasteiger partial charge in [0, 0.05) is 5.75 Å². The van der Waals surface area contributed by atoms with Crippen molar-refractivity contribution in [3.63, 3.8) is 0 Å². The maximum atomic E-state index is 4.25. The molecule has 0 radical (unpaired) electrons. The van der Waals surface area contributed by atoms with Gasteiger partial charge >= 0.3 is 0 Å². The summed E-state index contributed by atoms with van der Waals surface area (Å²) in [5.41, 5.74) is 4.09. The summed E-state index contributed by atoms with van der Waals surface area (Å²) in [6, 6.07) is 19.3. The maximum absolute atomic E-state index is 4.25. The van der Waals surface area contributed by atoms with Crippen LogP contribution >= 0.6 is 12.6 Å². The van der Waals surface area contributed by atoms with Crippen molar-refractivity contribution in [2.24, 2.45) is 0 Å². The Bertz CT molecular complexity index is 417. The maximum Gasteiger partial charge on any atom is 0.0154 e. The average Bonchev–Trinajstić information content (AvgIpc) is 2.38. The van der Waals surface area contributed by atoms with Gasteiger partial charge in [0.15, 0.2) is 0 Å². The van der Waals surface area contributed by atoms with Crippen LogP contribution < -0.4 is 0 Å². The summed E-state index contributed by atoms with van der Waals surface area (Å²) in [7, 11) is 0. The quantitative estimate of drug-likeness (QED) is 0.754. The van der Waals surface area contributed by atoms with Gasteiger partial charge in [0.05, 0.1) is 0 Å². The van der Waals surface area contributed by atoms with E-state index in [1.54, 1.807) is 0 Å². The second-order valence-electron chi connectivity index (χ2n) is 3.96. The summed E-state index contributed by atoms with van der Waals surface area (Å²) in [5, 5.41) is 0. The fourth-order valence-corrected chi connectivity index (χ4v) is 1.96. The summed E-state index contributed by atoms with van der Waals surface area (Å²) in [6.07, 6.45) is 2.22. The van der Waals surface area contributed by atoms with Gasteiger partial charge in [-0.05, 0) is 29.5 Å². The minimum absolute atomic E-state index is 0.818. The molecule has 2 aromatic carbocycles. The summed E-state index contributed by atoms with van der Waals surface area (Å²) in [4.78, 5) is 0. The van der Waals surface area contributed by atoms with E-state index in [0.29, 0.717) is 0 Å². The average molecular weight is 228 g/mol. The van der Waals surface area contributed by atoms with Gasteiger partial charge in [-0.1, -0.05) is 54.6 Å². The molecule has 0 aliphatic carbocycles. The number of aryl methyl sites for hydroxylation is 2. The van der Waals surface area contributed by atoms with Crippen molar-refractivity contribution in [3.8, 4) is 0 Å². The SMILES string of the molecule is SCc1ccc(CCc2ccccc2)cc1. The molecule has 0 saturated carbocycles. The van der Waals surface area contributed by atoms with E-state index in [4.69, 9.17) is 0 Å². The van der Waals surface area contributed by atoms with E-state index in [1.807, 2.05) is 0 Å². The van der Waals surface area contributed by atoms with Crippen molar-refractivity contribution < 1.29 is 0 Å². The van der Waals surface area contributed by atoms with Crippen LogP contribution in [0.2, 0.25) is 0 Å². The molecule has 1 heteroatoms. The lowest BCUT2D eigenvalue weighted by atomic mass is 10.0. The number of rotatable bonds is 4. The molecule has 0 bridgehead atoms. The molecule has 0 nitrogen and oxygen atoms in total. The van der Waals surface area contributed by atoms with Crippen molar-refractivity contribution in [2.75, 3.05) is 0 Å². The molecule has 0 atom stereocenters. The van der Waals surface area contributed by atoms with Crippen molar-refractivity contribution >= 4 is 12.6 Å². The van der Waals surface area contributed by atoms with Crippen LogP contribution in [0.1, 0.15) is 16.7 Å². The first kappa shape index (κ1) is 11.3. The molecule has 16 heavy (non-hydrogen) atoms. The van der Waals surface area contributed by atoms with Gasteiger partial charge in [0.25, 0.3) is 0 Å². The Hall–Kier alpha value is -1.21. The van der Waals surface area contributed by atoms with Crippen molar-refractivity contribution in [1.29, 1.82) is 0 Å². The van der Waals surface area contributed by atoms with E-state index in [2.05, 4.69) is 67.2 Å². The van der Waals surface area contributed by atoms with Gasteiger partial charge in [0.2, 0.25) is 0 Å². The second kappa shape index (κ2) is 5.76. The summed E-state index contributed by atoms with van der Waals surface area (Å²) < 4.78 is 0. The van der Waals surface area contributed by atoms with E-state index in [0.717, 1.165) is 18.6 Å². The van der Waals surface area contributed by atoms with E-state index >= 15 is 0 Å². The molecular formula is C15H16S. The van der Waals surface area contributed by atoms with Crippen LogP contribution in [0.4, 0.5) is 0 Å². The Balaban J connectivity index is 1.94. The molecule has 0 aliphatic heterocycles. The fraction of sp³-hybridized carbons (Fsp3) is 0.200. The first-order chi connectivity index (χ1) is 7.88. The van der Waals surface area contributed by atoms with E-state index in [9.17, 15) is 0 Å².